The van der Waals surface area contributed by atoms with E-state index in [9.17, 15) is 14.4 Å². The third-order valence-corrected chi connectivity index (χ3v) is 5.93. The number of rotatable bonds is 5. The lowest BCUT2D eigenvalue weighted by atomic mass is 10.1. The Hall–Kier alpha value is -4.80. The van der Waals surface area contributed by atoms with Crippen molar-refractivity contribution in [1.82, 2.24) is 24.8 Å². The number of benzene rings is 2. The summed E-state index contributed by atoms with van der Waals surface area (Å²) in [5.41, 5.74) is 13.8. The molecule has 0 saturated carbocycles. The Morgan fingerprint density at radius 1 is 0.857 bits per heavy atom. The second kappa shape index (κ2) is 8.86. The lowest BCUT2D eigenvalue weighted by Gasteiger charge is -2.34. The zero-order valence-electron chi connectivity index (χ0n) is 18.6. The number of para-hydroxylation sites is 1. The molecule has 1 saturated heterocycles. The molecule has 1 aliphatic rings. The fourth-order valence-electron chi connectivity index (χ4n) is 4.07. The predicted octanol–water partition coefficient (Wildman–Crippen LogP) is 1.18. The van der Waals surface area contributed by atoms with Crippen molar-refractivity contribution < 1.29 is 14.4 Å². The molecule has 0 bridgehead atoms. The molecule has 1 aliphatic heterocycles. The number of piperazine rings is 1. The first-order chi connectivity index (χ1) is 16.9. The fourth-order valence-corrected chi connectivity index (χ4v) is 4.07. The first-order valence-corrected chi connectivity index (χ1v) is 11.0. The maximum atomic E-state index is 13.0. The van der Waals surface area contributed by atoms with E-state index in [1.807, 2.05) is 23.1 Å². The summed E-state index contributed by atoms with van der Waals surface area (Å²) in [7, 11) is 0. The van der Waals surface area contributed by atoms with Gasteiger partial charge >= 0.3 is 0 Å². The Bertz CT molecular complexity index is 1440. The Labute approximate surface area is 199 Å². The van der Waals surface area contributed by atoms with Gasteiger partial charge in [0.15, 0.2) is 0 Å². The van der Waals surface area contributed by atoms with Gasteiger partial charge < -0.3 is 26.3 Å². The molecule has 0 unspecified atom stereocenters. The fraction of sp³-hybridized carbons (Fsp3) is 0.167. The van der Waals surface area contributed by atoms with E-state index >= 15 is 0 Å². The maximum Gasteiger partial charge on any atom is 0.267 e. The van der Waals surface area contributed by atoms with Gasteiger partial charge in [0.1, 0.15) is 17.0 Å². The molecular weight excluding hydrogens is 448 g/mol. The molecule has 0 spiro atoms. The van der Waals surface area contributed by atoms with E-state index in [1.54, 1.807) is 29.2 Å². The number of H-pyrrole nitrogens is 1. The number of aromatic amines is 1. The summed E-state index contributed by atoms with van der Waals surface area (Å²) in [4.78, 5) is 55.9. The normalized spacial score (nSPS) is 13.7. The third-order valence-electron chi connectivity index (χ3n) is 5.93. The molecule has 3 heterocycles. The zero-order valence-corrected chi connectivity index (χ0v) is 18.6. The van der Waals surface area contributed by atoms with Crippen LogP contribution in [-0.4, -0.2) is 68.7 Å². The standard InChI is InChI=1S/C24H22N8O3/c25-20(33)16-2-1-3-17-19(16)30-22(28-17)14-4-6-15(7-5-14)23(35)31-10-12-32(13-11-31)24-27-9-8-18(29-24)21(26)34/h1-9H,10-13H2,(H2,25,33)(H2,26,34)(H,28,30). The second-order valence-electron chi connectivity index (χ2n) is 8.11. The van der Waals surface area contributed by atoms with Crippen LogP contribution < -0.4 is 16.4 Å². The number of amides is 3. The number of nitrogens with zero attached hydrogens (tertiary/aromatic N) is 5. The number of aromatic nitrogens is 4. The Kier molecular flexibility index (Phi) is 5.57. The summed E-state index contributed by atoms with van der Waals surface area (Å²) in [6, 6.07) is 13.8. The van der Waals surface area contributed by atoms with Crippen LogP contribution in [0.1, 0.15) is 31.2 Å². The Morgan fingerprint density at radius 2 is 1.60 bits per heavy atom. The van der Waals surface area contributed by atoms with E-state index in [1.165, 1.54) is 12.3 Å². The van der Waals surface area contributed by atoms with Gasteiger partial charge in [0.25, 0.3) is 17.7 Å². The number of nitrogens with two attached hydrogens (primary N) is 2. The lowest BCUT2D eigenvalue weighted by Crippen LogP contribution is -2.49. The van der Waals surface area contributed by atoms with Crippen molar-refractivity contribution in [2.24, 2.45) is 11.5 Å². The summed E-state index contributed by atoms with van der Waals surface area (Å²) >= 11 is 0. The van der Waals surface area contributed by atoms with Crippen molar-refractivity contribution in [3.63, 3.8) is 0 Å². The van der Waals surface area contributed by atoms with Crippen LogP contribution in [0.2, 0.25) is 0 Å². The summed E-state index contributed by atoms with van der Waals surface area (Å²) in [6.07, 6.45) is 1.50. The molecule has 5 rings (SSSR count). The van der Waals surface area contributed by atoms with E-state index in [-0.39, 0.29) is 11.6 Å². The van der Waals surface area contributed by atoms with Crippen molar-refractivity contribution in [1.29, 1.82) is 0 Å². The highest BCUT2D eigenvalue weighted by Gasteiger charge is 2.24. The molecule has 5 N–H and O–H groups in total. The lowest BCUT2D eigenvalue weighted by molar-refractivity contribution is 0.0746. The predicted molar refractivity (Wildman–Crippen MR) is 129 cm³/mol. The maximum absolute atomic E-state index is 13.0. The van der Waals surface area contributed by atoms with Crippen LogP contribution in [0.4, 0.5) is 5.95 Å². The summed E-state index contributed by atoms with van der Waals surface area (Å²) < 4.78 is 0. The van der Waals surface area contributed by atoms with E-state index < -0.39 is 11.8 Å². The molecule has 2 aromatic heterocycles. The quantitative estimate of drug-likeness (QED) is 0.394. The number of nitrogens with one attached hydrogen (secondary N) is 1. The van der Waals surface area contributed by atoms with E-state index in [2.05, 4.69) is 19.9 Å². The SMILES string of the molecule is NC(=O)c1ccnc(N2CCN(C(=O)c3ccc(-c4nc5c(C(N)=O)cccc5[nH]4)cc3)CC2)n1. The molecule has 11 heteroatoms. The summed E-state index contributed by atoms with van der Waals surface area (Å²) in [5, 5.41) is 0. The zero-order chi connectivity index (χ0) is 24.5. The number of hydrogen-bond donors (Lipinski definition) is 3. The topological polar surface area (TPSA) is 164 Å². The number of fused-ring (bicyclic) bond motifs is 1. The Morgan fingerprint density at radius 3 is 2.29 bits per heavy atom. The van der Waals surface area contributed by atoms with Crippen LogP contribution >= 0.6 is 0 Å². The van der Waals surface area contributed by atoms with Gasteiger partial charge in [0.2, 0.25) is 5.95 Å². The summed E-state index contributed by atoms with van der Waals surface area (Å²) in [6.45, 7) is 2.05. The molecule has 3 amide bonds. The molecule has 35 heavy (non-hydrogen) atoms. The number of primary amides is 2. The number of hydrogen-bond acceptors (Lipinski definition) is 7. The largest absolute Gasteiger partial charge is 0.366 e. The van der Waals surface area contributed by atoms with Gasteiger partial charge in [-0.2, -0.15) is 0 Å². The molecule has 11 nitrogen and oxygen atoms in total. The van der Waals surface area contributed by atoms with Crippen LogP contribution in [0.3, 0.4) is 0 Å². The third kappa shape index (κ3) is 4.26. The molecule has 176 valence electrons. The monoisotopic (exact) mass is 470 g/mol. The van der Waals surface area contributed by atoms with Gasteiger partial charge in [-0.25, -0.2) is 15.0 Å². The Balaban J connectivity index is 1.27. The highest BCUT2D eigenvalue weighted by molar-refractivity contribution is 6.04. The highest BCUT2D eigenvalue weighted by atomic mass is 16.2. The first kappa shape index (κ1) is 22.0. The highest BCUT2D eigenvalue weighted by Crippen LogP contribution is 2.24. The molecule has 4 aromatic rings. The second-order valence-corrected chi connectivity index (χ2v) is 8.11. The molecular formula is C24H22N8O3. The van der Waals surface area contributed by atoms with Crippen molar-refractivity contribution in [2.45, 2.75) is 0 Å². The minimum Gasteiger partial charge on any atom is -0.366 e. The van der Waals surface area contributed by atoms with Crippen LogP contribution in [0.5, 0.6) is 0 Å². The van der Waals surface area contributed by atoms with Crippen molar-refractivity contribution >= 4 is 34.7 Å². The molecule has 0 atom stereocenters. The molecule has 0 radical (unpaired) electrons. The van der Waals surface area contributed by atoms with Crippen molar-refractivity contribution in [2.75, 3.05) is 31.1 Å². The molecule has 2 aromatic carbocycles. The minimum atomic E-state index is -0.609. The van der Waals surface area contributed by atoms with E-state index in [4.69, 9.17) is 11.5 Å². The van der Waals surface area contributed by atoms with Gasteiger partial charge in [-0.15, -0.1) is 0 Å². The van der Waals surface area contributed by atoms with Crippen molar-refractivity contribution in [3.05, 3.63) is 71.5 Å². The molecule has 1 fully saturated rings. The van der Waals surface area contributed by atoms with E-state index in [0.717, 1.165) is 5.56 Å². The van der Waals surface area contributed by atoms with Gasteiger partial charge in [0.05, 0.1) is 11.1 Å². The van der Waals surface area contributed by atoms with Gasteiger partial charge in [-0.1, -0.05) is 18.2 Å². The number of carbonyl (C=O) groups is 3. The smallest absolute Gasteiger partial charge is 0.267 e. The van der Waals surface area contributed by atoms with Gasteiger partial charge in [0, 0.05) is 43.5 Å². The van der Waals surface area contributed by atoms with Gasteiger partial charge in [-0.05, 0) is 30.3 Å². The van der Waals surface area contributed by atoms with Crippen LogP contribution in [-0.2, 0) is 0 Å². The number of anilines is 1. The molecule has 0 aliphatic carbocycles. The van der Waals surface area contributed by atoms with Crippen molar-refractivity contribution in [3.8, 4) is 11.4 Å². The summed E-state index contributed by atoms with van der Waals surface area (Å²) in [5.74, 6) is -0.227. The minimum absolute atomic E-state index is 0.0800. The number of carbonyl (C=O) groups excluding carboxylic acids is 3. The van der Waals surface area contributed by atoms with Crippen LogP contribution in [0.15, 0.2) is 54.7 Å². The van der Waals surface area contributed by atoms with Gasteiger partial charge in [-0.3, -0.25) is 14.4 Å². The van der Waals surface area contributed by atoms with Crippen LogP contribution in [0, 0.1) is 0 Å². The number of imidazole rings is 1. The average Bonchev–Trinajstić information content (AvgIpc) is 3.33. The first-order valence-electron chi connectivity index (χ1n) is 11.0. The average molecular weight is 470 g/mol. The van der Waals surface area contributed by atoms with E-state index in [0.29, 0.717) is 60.1 Å². The van der Waals surface area contributed by atoms with Crippen LogP contribution in [0.25, 0.3) is 22.4 Å².